The maximum absolute atomic E-state index is 13.9. The Balaban J connectivity index is 1.51. The molecule has 6 heteroatoms. The molecule has 1 aliphatic heterocycles. The highest BCUT2D eigenvalue weighted by Gasteiger charge is 2.28. The molecule has 0 unspecified atom stereocenters. The monoisotopic (exact) mass is 421 g/mol. The number of piperazine rings is 1. The number of halogens is 2. The number of hydrogen-bond acceptors (Lipinski definition) is 2. The molecule has 0 saturated carbocycles. The molecule has 0 radical (unpaired) electrons. The van der Waals surface area contributed by atoms with Crippen molar-refractivity contribution in [2.75, 3.05) is 26.2 Å². The van der Waals surface area contributed by atoms with Gasteiger partial charge < -0.3 is 14.5 Å². The third-order valence-corrected chi connectivity index (χ3v) is 5.12. The first-order valence-corrected chi connectivity index (χ1v) is 9.60. The third-order valence-electron chi connectivity index (χ3n) is 4.62. The number of ether oxygens (including phenoxy) is 1. The zero-order valence-corrected chi connectivity index (χ0v) is 16.3. The second-order valence-electron chi connectivity index (χ2n) is 6.57. The van der Waals surface area contributed by atoms with E-state index in [2.05, 4.69) is 40.2 Å². The highest BCUT2D eigenvalue weighted by atomic mass is 79.9. The van der Waals surface area contributed by atoms with Gasteiger partial charge in [-0.05, 0) is 25.1 Å². The van der Waals surface area contributed by atoms with Crippen LogP contribution in [0, 0.1) is 5.82 Å². The first kappa shape index (κ1) is 18.9. The number of nitrogens with zero attached hydrogens (tertiary/aromatic N) is 1. The summed E-state index contributed by atoms with van der Waals surface area (Å²) >= 11 is 3.21. The van der Waals surface area contributed by atoms with Gasteiger partial charge in [0.1, 0.15) is 6.54 Å². The van der Waals surface area contributed by atoms with Crippen LogP contribution in [-0.4, -0.2) is 43.1 Å². The van der Waals surface area contributed by atoms with E-state index >= 15 is 0 Å². The van der Waals surface area contributed by atoms with Crippen molar-refractivity contribution in [3.05, 3.63) is 64.4 Å². The molecular formula is C20H23BrFN2O2+. The van der Waals surface area contributed by atoms with Crippen molar-refractivity contribution < 1.29 is 18.8 Å². The van der Waals surface area contributed by atoms with E-state index in [4.69, 9.17) is 4.74 Å². The minimum Gasteiger partial charge on any atom is -0.478 e. The molecule has 0 aliphatic carbocycles. The van der Waals surface area contributed by atoms with E-state index in [9.17, 15) is 9.18 Å². The van der Waals surface area contributed by atoms with Gasteiger partial charge in [0, 0.05) is 10.0 Å². The second kappa shape index (κ2) is 8.64. The fourth-order valence-electron chi connectivity index (χ4n) is 3.17. The maximum atomic E-state index is 13.9. The SMILES string of the molecule is C[C@@H](Oc1ccc(Br)cc1F)C(=O)N1CC[NH+](Cc2ccccc2)CC1. The van der Waals surface area contributed by atoms with Gasteiger partial charge in [0.15, 0.2) is 17.7 Å². The summed E-state index contributed by atoms with van der Waals surface area (Å²) in [4.78, 5) is 15.9. The van der Waals surface area contributed by atoms with Crippen molar-refractivity contribution in [1.29, 1.82) is 0 Å². The number of rotatable bonds is 5. The summed E-state index contributed by atoms with van der Waals surface area (Å²) in [5, 5.41) is 0. The molecule has 1 saturated heterocycles. The molecular weight excluding hydrogens is 399 g/mol. The summed E-state index contributed by atoms with van der Waals surface area (Å²) in [5.74, 6) is -0.468. The number of nitrogens with one attached hydrogen (secondary N) is 1. The minimum absolute atomic E-state index is 0.0916. The second-order valence-corrected chi connectivity index (χ2v) is 7.49. The Kier molecular flexibility index (Phi) is 6.27. The average molecular weight is 422 g/mol. The molecule has 0 bridgehead atoms. The van der Waals surface area contributed by atoms with Crippen molar-refractivity contribution in [3.63, 3.8) is 0 Å². The normalized spacial score (nSPS) is 16.3. The number of amides is 1. The summed E-state index contributed by atoms with van der Waals surface area (Å²) in [6, 6.07) is 14.9. The standard InChI is InChI=1S/C20H22BrFN2O2/c1-15(26-19-8-7-17(21)13-18(19)22)20(25)24-11-9-23(10-12-24)14-16-5-3-2-4-6-16/h2-8,13,15H,9-12,14H2,1H3/p+1/t15-/m1/s1. The van der Waals surface area contributed by atoms with Crippen LogP contribution < -0.4 is 9.64 Å². The lowest BCUT2D eigenvalue weighted by Crippen LogP contribution is -3.13. The van der Waals surface area contributed by atoms with E-state index < -0.39 is 11.9 Å². The lowest BCUT2D eigenvalue weighted by atomic mass is 10.2. The van der Waals surface area contributed by atoms with E-state index in [0.29, 0.717) is 17.6 Å². The molecule has 1 aliphatic rings. The maximum Gasteiger partial charge on any atom is 0.263 e. The van der Waals surface area contributed by atoms with E-state index in [1.807, 2.05) is 11.0 Å². The van der Waals surface area contributed by atoms with Gasteiger partial charge in [0.05, 0.1) is 26.2 Å². The molecule has 0 aromatic heterocycles. The molecule has 0 spiro atoms. The molecule has 1 amide bonds. The molecule has 4 nitrogen and oxygen atoms in total. The summed E-state index contributed by atoms with van der Waals surface area (Å²) in [6.07, 6.45) is -0.707. The molecule has 2 aromatic carbocycles. The van der Waals surface area contributed by atoms with Crippen molar-refractivity contribution >= 4 is 21.8 Å². The predicted octanol–water partition coefficient (Wildman–Crippen LogP) is 2.28. The minimum atomic E-state index is -0.707. The molecule has 1 heterocycles. The zero-order valence-electron chi connectivity index (χ0n) is 14.8. The number of carbonyl (C=O) groups is 1. The molecule has 26 heavy (non-hydrogen) atoms. The van der Waals surface area contributed by atoms with Crippen LogP contribution in [0.2, 0.25) is 0 Å². The largest absolute Gasteiger partial charge is 0.478 e. The van der Waals surface area contributed by atoms with Crippen molar-refractivity contribution in [2.45, 2.75) is 19.6 Å². The number of benzene rings is 2. The summed E-state index contributed by atoms with van der Waals surface area (Å²) in [6.45, 7) is 5.83. The topological polar surface area (TPSA) is 34.0 Å². The summed E-state index contributed by atoms with van der Waals surface area (Å²) < 4.78 is 20.1. The predicted molar refractivity (Wildman–Crippen MR) is 102 cm³/mol. The summed E-state index contributed by atoms with van der Waals surface area (Å²) in [7, 11) is 0. The highest BCUT2D eigenvalue weighted by molar-refractivity contribution is 9.10. The Bertz CT molecular complexity index is 749. The van der Waals surface area contributed by atoms with Crippen LogP contribution in [0.15, 0.2) is 53.0 Å². The van der Waals surface area contributed by atoms with Gasteiger partial charge >= 0.3 is 0 Å². The number of carbonyl (C=O) groups excluding carboxylic acids is 1. The Hall–Kier alpha value is -1.92. The van der Waals surface area contributed by atoms with Crippen molar-refractivity contribution in [1.82, 2.24) is 4.90 Å². The quantitative estimate of drug-likeness (QED) is 0.803. The lowest BCUT2D eigenvalue weighted by molar-refractivity contribution is -0.917. The summed E-state index contributed by atoms with van der Waals surface area (Å²) in [5.41, 5.74) is 1.31. The average Bonchev–Trinajstić information content (AvgIpc) is 2.65. The molecule has 2 aromatic rings. The Morgan fingerprint density at radius 1 is 1.23 bits per heavy atom. The molecule has 138 valence electrons. The van der Waals surface area contributed by atoms with Crippen LogP contribution in [0.1, 0.15) is 12.5 Å². The number of quaternary nitrogens is 1. The Labute approximate surface area is 161 Å². The van der Waals surface area contributed by atoms with Crippen LogP contribution in [0.25, 0.3) is 0 Å². The molecule has 1 N–H and O–H groups in total. The van der Waals surface area contributed by atoms with Gasteiger partial charge in [-0.3, -0.25) is 4.79 Å². The number of hydrogen-bond donors (Lipinski definition) is 1. The Morgan fingerprint density at radius 3 is 2.58 bits per heavy atom. The van der Waals surface area contributed by atoms with Crippen LogP contribution in [0.5, 0.6) is 5.75 Å². The molecule has 3 rings (SSSR count). The zero-order chi connectivity index (χ0) is 18.5. The lowest BCUT2D eigenvalue weighted by Gasteiger charge is -2.33. The van der Waals surface area contributed by atoms with E-state index in [-0.39, 0.29) is 11.7 Å². The first-order chi connectivity index (χ1) is 12.5. The first-order valence-electron chi connectivity index (χ1n) is 8.81. The molecule has 1 atom stereocenters. The van der Waals surface area contributed by atoms with E-state index in [0.717, 1.165) is 19.6 Å². The van der Waals surface area contributed by atoms with Crippen LogP contribution >= 0.6 is 15.9 Å². The highest BCUT2D eigenvalue weighted by Crippen LogP contribution is 2.22. The fraction of sp³-hybridized carbons (Fsp3) is 0.350. The van der Waals surface area contributed by atoms with E-state index in [1.54, 1.807) is 13.0 Å². The fourth-order valence-corrected chi connectivity index (χ4v) is 3.51. The van der Waals surface area contributed by atoms with Crippen molar-refractivity contribution in [3.8, 4) is 5.75 Å². The van der Waals surface area contributed by atoms with Gasteiger partial charge in [-0.25, -0.2) is 4.39 Å². The van der Waals surface area contributed by atoms with Crippen LogP contribution in [0.3, 0.4) is 0 Å². The Morgan fingerprint density at radius 2 is 1.92 bits per heavy atom. The van der Waals surface area contributed by atoms with Gasteiger partial charge in [0.25, 0.3) is 5.91 Å². The smallest absolute Gasteiger partial charge is 0.263 e. The van der Waals surface area contributed by atoms with Gasteiger partial charge in [-0.2, -0.15) is 0 Å². The van der Waals surface area contributed by atoms with Gasteiger partial charge in [-0.15, -0.1) is 0 Å². The third kappa shape index (κ3) is 4.83. The van der Waals surface area contributed by atoms with Gasteiger partial charge in [-0.1, -0.05) is 46.3 Å². The van der Waals surface area contributed by atoms with E-state index in [1.165, 1.54) is 22.6 Å². The van der Waals surface area contributed by atoms with Gasteiger partial charge in [0.2, 0.25) is 0 Å². The van der Waals surface area contributed by atoms with Crippen LogP contribution in [-0.2, 0) is 11.3 Å². The molecule has 1 fully saturated rings. The van der Waals surface area contributed by atoms with Crippen molar-refractivity contribution in [2.24, 2.45) is 0 Å². The van der Waals surface area contributed by atoms with Crippen LogP contribution in [0.4, 0.5) is 4.39 Å².